The van der Waals surface area contributed by atoms with Crippen molar-refractivity contribution in [2.45, 2.75) is 5.60 Å². The fourth-order valence-electron chi connectivity index (χ4n) is 1.23. The van der Waals surface area contributed by atoms with Gasteiger partial charge in [-0.05, 0) is 0 Å². The predicted octanol–water partition coefficient (Wildman–Crippen LogP) is -0.124. The lowest BCUT2D eigenvalue weighted by Gasteiger charge is -2.37. The Morgan fingerprint density at radius 1 is 1.64 bits per heavy atom. The summed E-state index contributed by atoms with van der Waals surface area (Å²) in [6.07, 6.45) is 2.93. The third-order valence-electron chi connectivity index (χ3n) is 2.16. The molecule has 0 aliphatic carbocycles. The monoisotopic (exact) mass is 214 g/mol. The van der Waals surface area contributed by atoms with Gasteiger partial charge in [-0.1, -0.05) is 11.6 Å². The van der Waals surface area contributed by atoms with E-state index in [1.54, 1.807) is 0 Å². The number of rotatable bonds is 3. The Morgan fingerprint density at radius 3 is 3.00 bits per heavy atom. The molecule has 1 saturated heterocycles. The molecule has 0 bridgehead atoms. The number of hydrogen-bond acceptors (Lipinski definition) is 5. The molecule has 1 aromatic heterocycles. The second kappa shape index (κ2) is 3.68. The van der Waals surface area contributed by atoms with Crippen LogP contribution in [-0.2, 0) is 0 Å². The van der Waals surface area contributed by atoms with E-state index in [2.05, 4.69) is 20.6 Å². The third kappa shape index (κ3) is 1.95. The maximum atomic E-state index is 9.75. The van der Waals surface area contributed by atoms with Crippen LogP contribution in [0, 0.1) is 0 Å². The molecule has 6 heteroatoms. The second-order valence-corrected chi connectivity index (χ2v) is 3.81. The number of aliphatic hydroxyl groups is 1. The fraction of sp³-hybridized carbons (Fsp3) is 0.500. The predicted molar refractivity (Wildman–Crippen MR) is 53.4 cm³/mol. The van der Waals surface area contributed by atoms with Crippen molar-refractivity contribution in [1.82, 2.24) is 15.3 Å². The zero-order valence-electron chi connectivity index (χ0n) is 7.50. The number of β-amino-alcohol motifs (C(OH)–C–C–N with tert-alkyl or cyclic N) is 1. The van der Waals surface area contributed by atoms with Crippen LogP contribution >= 0.6 is 11.6 Å². The first kappa shape index (κ1) is 9.64. The minimum Gasteiger partial charge on any atom is -0.385 e. The number of hydrogen-bond donors (Lipinski definition) is 3. The molecule has 2 heterocycles. The van der Waals surface area contributed by atoms with Crippen LogP contribution in [0.3, 0.4) is 0 Å². The lowest BCUT2D eigenvalue weighted by Crippen LogP contribution is -2.63. The lowest BCUT2D eigenvalue weighted by molar-refractivity contribution is 0.00306. The average Bonchev–Trinajstić information content (AvgIpc) is 2.14. The van der Waals surface area contributed by atoms with Crippen LogP contribution in [0.4, 0.5) is 5.82 Å². The molecule has 2 rings (SSSR count). The molecule has 1 aromatic rings. The Kier molecular flexibility index (Phi) is 2.54. The van der Waals surface area contributed by atoms with Gasteiger partial charge >= 0.3 is 0 Å². The summed E-state index contributed by atoms with van der Waals surface area (Å²) in [6.45, 7) is 1.64. The van der Waals surface area contributed by atoms with Gasteiger partial charge in [0.1, 0.15) is 22.8 Å². The Labute approximate surface area is 86.5 Å². The normalized spacial score (nSPS) is 18.7. The minimum absolute atomic E-state index is 0.441. The average molecular weight is 215 g/mol. The van der Waals surface area contributed by atoms with E-state index in [0.717, 1.165) is 0 Å². The molecule has 3 N–H and O–H groups in total. The highest BCUT2D eigenvalue weighted by Crippen LogP contribution is 2.18. The quantitative estimate of drug-likeness (QED) is 0.654. The van der Waals surface area contributed by atoms with Gasteiger partial charge in [-0.2, -0.15) is 0 Å². The second-order valence-electron chi connectivity index (χ2n) is 3.40. The molecule has 0 saturated carbocycles. The summed E-state index contributed by atoms with van der Waals surface area (Å²) in [4.78, 5) is 7.72. The summed E-state index contributed by atoms with van der Waals surface area (Å²) < 4.78 is 0. The maximum Gasteiger partial charge on any atom is 0.148 e. The highest BCUT2D eigenvalue weighted by Gasteiger charge is 2.33. The molecule has 14 heavy (non-hydrogen) atoms. The van der Waals surface area contributed by atoms with E-state index < -0.39 is 5.60 Å². The Hall–Kier alpha value is -0.910. The summed E-state index contributed by atoms with van der Waals surface area (Å²) in [7, 11) is 0. The van der Waals surface area contributed by atoms with Crippen molar-refractivity contribution >= 4 is 17.4 Å². The van der Waals surface area contributed by atoms with Crippen molar-refractivity contribution < 1.29 is 5.11 Å². The van der Waals surface area contributed by atoms with Crippen LogP contribution in [0.2, 0.25) is 5.02 Å². The molecule has 0 aromatic carbocycles. The van der Waals surface area contributed by atoms with Crippen LogP contribution in [0.25, 0.3) is 0 Å². The number of anilines is 1. The first-order valence-electron chi connectivity index (χ1n) is 4.32. The molecule has 1 fully saturated rings. The van der Waals surface area contributed by atoms with Crippen LogP contribution in [0.5, 0.6) is 0 Å². The summed E-state index contributed by atoms with van der Waals surface area (Å²) >= 11 is 5.83. The molecule has 0 spiro atoms. The number of halogens is 1. The van der Waals surface area contributed by atoms with Crippen LogP contribution in [-0.4, -0.2) is 40.3 Å². The van der Waals surface area contributed by atoms with Gasteiger partial charge in [0.15, 0.2) is 0 Å². The molecule has 0 unspecified atom stereocenters. The van der Waals surface area contributed by atoms with E-state index in [0.29, 0.717) is 30.5 Å². The fourth-order valence-corrected chi connectivity index (χ4v) is 1.40. The number of nitrogens with zero attached hydrogens (tertiary/aromatic N) is 2. The maximum absolute atomic E-state index is 9.75. The van der Waals surface area contributed by atoms with Gasteiger partial charge in [0.2, 0.25) is 0 Å². The molecule has 0 amide bonds. The van der Waals surface area contributed by atoms with Crippen molar-refractivity contribution in [2.24, 2.45) is 0 Å². The largest absolute Gasteiger partial charge is 0.385 e. The highest BCUT2D eigenvalue weighted by molar-refractivity contribution is 6.32. The summed E-state index contributed by atoms with van der Waals surface area (Å²) in [5.41, 5.74) is -0.672. The van der Waals surface area contributed by atoms with E-state index in [9.17, 15) is 5.11 Å². The van der Waals surface area contributed by atoms with Crippen molar-refractivity contribution in [3.8, 4) is 0 Å². The lowest BCUT2D eigenvalue weighted by atomic mass is 9.97. The van der Waals surface area contributed by atoms with Crippen molar-refractivity contribution in [1.29, 1.82) is 0 Å². The summed E-state index contributed by atoms with van der Waals surface area (Å²) in [5.74, 6) is 0.557. The first-order valence-corrected chi connectivity index (χ1v) is 4.70. The van der Waals surface area contributed by atoms with E-state index in [4.69, 9.17) is 11.6 Å². The molecule has 5 nitrogen and oxygen atoms in total. The molecular formula is C8H11ClN4O. The van der Waals surface area contributed by atoms with Gasteiger partial charge in [-0.3, -0.25) is 0 Å². The smallest absolute Gasteiger partial charge is 0.148 e. The Bertz CT molecular complexity index is 329. The van der Waals surface area contributed by atoms with Gasteiger partial charge in [-0.15, -0.1) is 0 Å². The van der Waals surface area contributed by atoms with Gasteiger partial charge in [0, 0.05) is 19.6 Å². The van der Waals surface area contributed by atoms with E-state index >= 15 is 0 Å². The molecule has 1 aliphatic heterocycles. The third-order valence-corrected chi connectivity index (χ3v) is 2.44. The Morgan fingerprint density at radius 2 is 2.43 bits per heavy atom. The molecule has 0 atom stereocenters. The molecular weight excluding hydrogens is 204 g/mol. The highest BCUT2D eigenvalue weighted by atomic mass is 35.5. The van der Waals surface area contributed by atoms with Crippen molar-refractivity contribution in [3.63, 3.8) is 0 Å². The van der Waals surface area contributed by atoms with Crippen molar-refractivity contribution in [3.05, 3.63) is 17.5 Å². The van der Waals surface area contributed by atoms with Gasteiger partial charge < -0.3 is 15.7 Å². The van der Waals surface area contributed by atoms with Gasteiger partial charge in [0.05, 0.1) is 6.20 Å². The van der Waals surface area contributed by atoms with Gasteiger partial charge in [-0.25, -0.2) is 9.97 Å². The van der Waals surface area contributed by atoms with Gasteiger partial charge in [0.25, 0.3) is 0 Å². The SMILES string of the molecule is OC1(CNc2ncncc2Cl)CNC1. The minimum atomic E-state index is -0.672. The Balaban J connectivity index is 1.95. The van der Waals surface area contributed by atoms with Crippen LogP contribution < -0.4 is 10.6 Å². The summed E-state index contributed by atoms with van der Waals surface area (Å²) in [5, 5.41) is 16.2. The topological polar surface area (TPSA) is 70.1 Å². The van der Waals surface area contributed by atoms with E-state index in [-0.39, 0.29) is 0 Å². The number of aromatic nitrogens is 2. The number of nitrogens with one attached hydrogen (secondary N) is 2. The standard InChI is InChI=1S/C8H11ClN4O/c9-6-1-10-5-13-7(6)12-4-8(14)2-11-3-8/h1,5,11,14H,2-4H2,(H,10,12,13). The van der Waals surface area contributed by atoms with Crippen molar-refractivity contribution in [2.75, 3.05) is 25.0 Å². The first-order chi connectivity index (χ1) is 6.70. The van der Waals surface area contributed by atoms with Crippen LogP contribution in [0.15, 0.2) is 12.5 Å². The molecule has 76 valence electrons. The zero-order chi connectivity index (χ0) is 10.0. The van der Waals surface area contributed by atoms with E-state index in [1.807, 2.05) is 0 Å². The van der Waals surface area contributed by atoms with Crippen LogP contribution in [0.1, 0.15) is 0 Å². The zero-order valence-corrected chi connectivity index (χ0v) is 8.25. The molecule has 1 aliphatic rings. The molecule has 0 radical (unpaired) electrons. The van der Waals surface area contributed by atoms with E-state index in [1.165, 1.54) is 12.5 Å². The summed E-state index contributed by atoms with van der Waals surface area (Å²) in [6, 6.07) is 0.